The molecule has 0 heterocycles. The molecule has 0 aliphatic carbocycles. The lowest BCUT2D eigenvalue weighted by Crippen LogP contribution is -2.14. The van der Waals surface area contributed by atoms with Crippen molar-refractivity contribution in [3.8, 4) is 0 Å². The zero-order valence-electron chi connectivity index (χ0n) is 11.6. The fraction of sp³-hybridized carbons (Fsp3) is 0.0714. The van der Waals surface area contributed by atoms with Crippen molar-refractivity contribution in [1.82, 2.24) is 0 Å². The van der Waals surface area contributed by atoms with Gasteiger partial charge >= 0.3 is 5.97 Å². The van der Waals surface area contributed by atoms with E-state index in [9.17, 15) is 22.0 Å². The minimum absolute atomic E-state index is 0.0135. The number of esters is 1. The molecule has 0 aliphatic heterocycles. The maximum atomic E-state index is 13.2. The molecule has 23 heavy (non-hydrogen) atoms. The van der Waals surface area contributed by atoms with Gasteiger partial charge in [0.05, 0.1) is 22.6 Å². The van der Waals surface area contributed by atoms with Crippen LogP contribution in [0.4, 0.5) is 14.5 Å². The molecule has 0 radical (unpaired) electrons. The highest BCUT2D eigenvalue weighted by molar-refractivity contribution is 7.92. The number of methoxy groups -OCH3 is 1. The highest BCUT2D eigenvalue weighted by Crippen LogP contribution is 2.24. The molecule has 5 nitrogen and oxygen atoms in total. The lowest BCUT2D eigenvalue weighted by atomic mass is 10.2. The maximum absolute atomic E-state index is 13.2. The van der Waals surface area contributed by atoms with Crippen LogP contribution in [-0.4, -0.2) is 21.5 Å². The molecule has 0 saturated carbocycles. The Labute approximate surface area is 135 Å². The van der Waals surface area contributed by atoms with E-state index in [4.69, 9.17) is 11.6 Å². The van der Waals surface area contributed by atoms with Crippen LogP contribution in [0.1, 0.15) is 10.4 Å². The van der Waals surface area contributed by atoms with Crippen molar-refractivity contribution in [2.45, 2.75) is 4.90 Å². The Balaban J connectivity index is 2.37. The standard InChI is InChI=1S/C14H10ClF2NO4S/c1-22-14(19)10-6-8(2-4-11(10)15)18-23(20,21)9-3-5-12(16)13(17)7-9/h2-7,18H,1H3. The summed E-state index contributed by atoms with van der Waals surface area (Å²) in [6, 6.07) is 5.95. The van der Waals surface area contributed by atoms with Gasteiger partial charge in [0, 0.05) is 5.69 Å². The Morgan fingerprint density at radius 2 is 1.83 bits per heavy atom. The van der Waals surface area contributed by atoms with Gasteiger partial charge in [-0.1, -0.05) is 11.6 Å². The predicted octanol–water partition coefficient (Wildman–Crippen LogP) is 3.21. The summed E-state index contributed by atoms with van der Waals surface area (Å²) in [6.07, 6.45) is 0. The van der Waals surface area contributed by atoms with Gasteiger partial charge in [-0.05, 0) is 36.4 Å². The number of nitrogens with one attached hydrogen (secondary N) is 1. The Hall–Kier alpha value is -2.19. The second-order valence-corrected chi connectivity index (χ2v) is 6.46. The Morgan fingerprint density at radius 1 is 1.13 bits per heavy atom. The van der Waals surface area contributed by atoms with E-state index in [0.29, 0.717) is 12.1 Å². The molecule has 2 rings (SSSR count). The second-order valence-electron chi connectivity index (χ2n) is 4.37. The van der Waals surface area contributed by atoms with E-state index < -0.39 is 32.5 Å². The SMILES string of the molecule is COC(=O)c1cc(NS(=O)(=O)c2ccc(F)c(F)c2)ccc1Cl. The predicted molar refractivity (Wildman–Crippen MR) is 80.0 cm³/mol. The molecular weight excluding hydrogens is 352 g/mol. The van der Waals surface area contributed by atoms with Gasteiger partial charge in [-0.3, -0.25) is 4.72 Å². The first-order chi connectivity index (χ1) is 10.7. The van der Waals surface area contributed by atoms with Crippen LogP contribution in [0, 0.1) is 11.6 Å². The highest BCUT2D eigenvalue weighted by atomic mass is 35.5. The Morgan fingerprint density at radius 3 is 2.43 bits per heavy atom. The Bertz CT molecular complexity index is 871. The van der Waals surface area contributed by atoms with Crippen LogP contribution in [0.2, 0.25) is 5.02 Å². The lowest BCUT2D eigenvalue weighted by Gasteiger charge is -2.10. The minimum Gasteiger partial charge on any atom is -0.465 e. The van der Waals surface area contributed by atoms with E-state index in [1.165, 1.54) is 18.2 Å². The summed E-state index contributed by atoms with van der Waals surface area (Å²) in [4.78, 5) is 11.1. The van der Waals surface area contributed by atoms with Crippen LogP contribution in [-0.2, 0) is 14.8 Å². The van der Waals surface area contributed by atoms with E-state index in [2.05, 4.69) is 9.46 Å². The van der Waals surface area contributed by atoms with Crippen molar-refractivity contribution in [2.24, 2.45) is 0 Å². The molecule has 2 aromatic rings. The van der Waals surface area contributed by atoms with Crippen molar-refractivity contribution < 1.29 is 26.7 Å². The molecule has 0 amide bonds. The van der Waals surface area contributed by atoms with Crippen molar-refractivity contribution in [2.75, 3.05) is 11.8 Å². The molecule has 2 aromatic carbocycles. The molecular formula is C14H10ClF2NO4S. The van der Waals surface area contributed by atoms with Crippen LogP contribution in [0.5, 0.6) is 0 Å². The number of sulfonamides is 1. The van der Waals surface area contributed by atoms with Crippen LogP contribution in [0.15, 0.2) is 41.3 Å². The summed E-state index contributed by atoms with van der Waals surface area (Å²) in [6.45, 7) is 0. The molecule has 0 spiro atoms. The van der Waals surface area contributed by atoms with Gasteiger partial charge in [-0.15, -0.1) is 0 Å². The quantitative estimate of drug-likeness (QED) is 0.849. The molecule has 0 saturated heterocycles. The zero-order chi connectivity index (χ0) is 17.2. The van der Waals surface area contributed by atoms with Crippen molar-refractivity contribution in [1.29, 1.82) is 0 Å². The summed E-state index contributed by atoms with van der Waals surface area (Å²) in [7, 11) is -3.02. The van der Waals surface area contributed by atoms with Crippen LogP contribution >= 0.6 is 11.6 Å². The summed E-state index contributed by atoms with van der Waals surface area (Å²) < 4.78 is 57.0. The van der Waals surface area contributed by atoms with Gasteiger partial charge in [0.1, 0.15) is 0 Å². The smallest absolute Gasteiger partial charge is 0.339 e. The Kier molecular flexibility index (Phi) is 4.86. The van der Waals surface area contributed by atoms with Gasteiger partial charge in [0.25, 0.3) is 10.0 Å². The summed E-state index contributed by atoms with van der Waals surface area (Å²) in [5.41, 5.74) is -0.0285. The number of carbonyl (C=O) groups excluding carboxylic acids is 1. The third-order valence-corrected chi connectivity index (χ3v) is 4.53. The van der Waals surface area contributed by atoms with E-state index in [1.807, 2.05) is 0 Å². The van der Waals surface area contributed by atoms with Gasteiger partial charge in [0.15, 0.2) is 11.6 Å². The van der Waals surface area contributed by atoms with Crippen molar-refractivity contribution >= 4 is 33.3 Å². The van der Waals surface area contributed by atoms with E-state index in [0.717, 1.165) is 13.2 Å². The molecule has 0 atom stereocenters. The van der Waals surface area contributed by atoms with Crippen LogP contribution < -0.4 is 4.72 Å². The number of benzene rings is 2. The monoisotopic (exact) mass is 361 g/mol. The van der Waals surface area contributed by atoms with Gasteiger partial charge < -0.3 is 4.74 Å². The molecule has 9 heteroatoms. The average Bonchev–Trinajstić information content (AvgIpc) is 2.50. The largest absolute Gasteiger partial charge is 0.465 e. The first-order valence-corrected chi connectivity index (χ1v) is 7.96. The van der Waals surface area contributed by atoms with E-state index in [-0.39, 0.29) is 16.3 Å². The third-order valence-electron chi connectivity index (χ3n) is 2.83. The topological polar surface area (TPSA) is 72.5 Å². The van der Waals surface area contributed by atoms with Gasteiger partial charge in [-0.2, -0.15) is 0 Å². The average molecular weight is 362 g/mol. The second kappa shape index (κ2) is 6.51. The minimum atomic E-state index is -4.17. The fourth-order valence-electron chi connectivity index (χ4n) is 1.71. The molecule has 0 bridgehead atoms. The fourth-order valence-corrected chi connectivity index (χ4v) is 2.97. The van der Waals surface area contributed by atoms with Crippen molar-refractivity contribution in [3.63, 3.8) is 0 Å². The normalized spacial score (nSPS) is 11.1. The number of rotatable bonds is 4. The van der Waals surface area contributed by atoms with Crippen LogP contribution in [0.25, 0.3) is 0 Å². The first kappa shape index (κ1) is 17.2. The molecule has 0 aromatic heterocycles. The van der Waals surface area contributed by atoms with E-state index in [1.54, 1.807) is 0 Å². The van der Waals surface area contributed by atoms with Crippen LogP contribution in [0.3, 0.4) is 0 Å². The van der Waals surface area contributed by atoms with Crippen molar-refractivity contribution in [3.05, 3.63) is 58.6 Å². The summed E-state index contributed by atoms with van der Waals surface area (Å²) >= 11 is 5.83. The maximum Gasteiger partial charge on any atom is 0.339 e. The first-order valence-electron chi connectivity index (χ1n) is 6.10. The number of ether oxygens (including phenoxy) is 1. The molecule has 0 aliphatic rings. The number of anilines is 1. The molecule has 122 valence electrons. The molecule has 0 unspecified atom stereocenters. The number of halogens is 3. The number of hydrogen-bond donors (Lipinski definition) is 1. The lowest BCUT2D eigenvalue weighted by molar-refractivity contribution is 0.0601. The number of carbonyl (C=O) groups is 1. The van der Waals surface area contributed by atoms with Gasteiger partial charge in [-0.25, -0.2) is 22.0 Å². The zero-order valence-corrected chi connectivity index (χ0v) is 13.2. The molecule has 0 fully saturated rings. The summed E-state index contributed by atoms with van der Waals surface area (Å²) in [5, 5.41) is 0.0765. The third kappa shape index (κ3) is 3.77. The summed E-state index contributed by atoms with van der Waals surface area (Å²) in [5.74, 6) is -3.20. The number of hydrogen-bond acceptors (Lipinski definition) is 4. The highest BCUT2D eigenvalue weighted by Gasteiger charge is 2.18. The van der Waals surface area contributed by atoms with E-state index >= 15 is 0 Å². The molecule has 1 N–H and O–H groups in total. The van der Waals surface area contributed by atoms with Gasteiger partial charge in [0.2, 0.25) is 0 Å².